The van der Waals surface area contributed by atoms with Gasteiger partial charge in [0.2, 0.25) is 0 Å². The molecule has 0 fully saturated rings. The molecule has 0 unspecified atom stereocenters. The fourth-order valence-corrected chi connectivity index (χ4v) is 3.40. The molecule has 0 spiro atoms. The third-order valence-corrected chi connectivity index (χ3v) is 4.81. The lowest BCUT2D eigenvalue weighted by atomic mass is 10.2. The zero-order chi connectivity index (χ0) is 18.7. The molecule has 0 atom stereocenters. The van der Waals surface area contributed by atoms with Crippen LogP contribution in [-0.2, 0) is 0 Å². The van der Waals surface area contributed by atoms with E-state index < -0.39 is 0 Å². The Kier molecular flexibility index (Phi) is 2.88. The van der Waals surface area contributed by atoms with Gasteiger partial charge in [-0.2, -0.15) is 4.68 Å². The van der Waals surface area contributed by atoms with Gasteiger partial charge < -0.3 is 4.98 Å². The summed E-state index contributed by atoms with van der Waals surface area (Å²) < 4.78 is 4.63. The molecule has 8 nitrogen and oxygen atoms in total. The number of hydrogen-bond donors (Lipinski definition) is 1. The van der Waals surface area contributed by atoms with E-state index in [1.807, 2.05) is 67.0 Å². The van der Waals surface area contributed by atoms with Crippen LogP contribution in [0.25, 0.3) is 39.3 Å². The summed E-state index contributed by atoms with van der Waals surface area (Å²) in [7, 11) is 0. The van der Waals surface area contributed by atoms with E-state index in [2.05, 4.69) is 20.2 Å². The maximum atomic E-state index is 12.8. The highest BCUT2D eigenvalue weighted by atomic mass is 16.2. The van der Waals surface area contributed by atoms with Crippen molar-refractivity contribution in [2.75, 3.05) is 0 Å². The fourth-order valence-electron chi connectivity index (χ4n) is 3.40. The molecule has 6 aromatic rings. The maximum absolute atomic E-state index is 12.8. The molecule has 0 aliphatic carbocycles. The zero-order valence-corrected chi connectivity index (χ0v) is 14.5. The van der Waals surface area contributed by atoms with Crippen molar-refractivity contribution in [3.8, 4) is 17.1 Å². The molecule has 8 heteroatoms. The van der Waals surface area contributed by atoms with Crippen molar-refractivity contribution in [2.24, 2.45) is 0 Å². The van der Waals surface area contributed by atoms with E-state index in [0.717, 1.165) is 22.1 Å². The Bertz CT molecular complexity index is 1520. The highest BCUT2D eigenvalue weighted by molar-refractivity contribution is 5.81. The first-order valence-corrected chi connectivity index (χ1v) is 8.77. The normalized spacial score (nSPS) is 11.7. The predicted molar refractivity (Wildman–Crippen MR) is 105 cm³/mol. The molecule has 0 aliphatic rings. The maximum Gasteiger partial charge on any atom is 0.355 e. The molecule has 5 heterocycles. The van der Waals surface area contributed by atoms with Gasteiger partial charge in [-0.15, -0.1) is 10.2 Å². The lowest BCUT2D eigenvalue weighted by Gasteiger charge is -1.98. The molecule has 0 saturated carbocycles. The van der Waals surface area contributed by atoms with Gasteiger partial charge in [0, 0.05) is 29.7 Å². The van der Waals surface area contributed by atoms with Crippen LogP contribution < -0.4 is 5.69 Å². The molecule has 1 aromatic carbocycles. The Morgan fingerprint density at radius 1 is 0.893 bits per heavy atom. The van der Waals surface area contributed by atoms with Crippen molar-refractivity contribution in [3.05, 3.63) is 83.7 Å². The Labute approximate surface area is 157 Å². The molecule has 0 bridgehead atoms. The second-order valence-electron chi connectivity index (χ2n) is 6.53. The van der Waals surface area contributed by atoms with E-state index in [9.17, 15) is 4.79 Å². The van der Waals surface area contributed by atoms with Crippen LogP contribution in [0.4, 0.5) is 0 Å². The molecule has 0 saturated heterocycles. The van der Waals surface area contributed by atoms with Gasteiger partial charge in [-0.25, -0.2) is 18.7 Å². The molecular formula is C20H13N7O. The van der Waals surface area contributed by atoms with Crippen LogP contribution >= 0.6 is 0 Å². The molecular weight excluding hydrogens is 354 g/mol. The number of pyridine rings is 2. The summed E-state index contributed by atoms with van der Waals surface area (Å²) in [6, 6.07) is 17.1. The number of fused-ring (bicyclic) bond motifs is 3. The van der Waals surface area contributed by atoms with Gasteiger partial charge >= 0.3 is 5.69 Å². The van der Waals surface area contributed by atoms with E-state index >= 15 is 0 Å². The summed E-state index contributed by atoms with van der Waals surface area (Å²) in [4.78, 5) is 20.5. The molecule has 6 rings (SSSR count). The van der Waals surface area contributed by atoms with Gasteiger partial charge in [0.15, 0.2) is 17.1 Å². The number of benzene rings is 1. The van der Waals surface area contributed by atoms with Crippen LogP contribution in [0.1, 0.15) is 0 Å². The third kappa shape index (κ3) is 2.11. The Hall–Kier alpha value is -4.20. The smallest absolute Gasteiger partial charge is 0.355 e. The van der Waals surface area contributed by atoms with Gasteiger partial charge in [0.25, 0.3) is 0 Å². The van der Waals surface area contributed by atoms with E-state index in [0.29, 0.717) is 17.2 Å². The quantitative estimate of drug-likeness (QED) is 0.510. The van der Waals surface area contributed by atoms with E-state index in [1.165, 1.54) is 9.08 Å². The van der Waals surface area contributed by atoms with Gasteiger partial charge in [0.05, 0.1) is 5.69 Å². The molecule has 0 amide bonds. The highest BCUT2D eigenvalue weighted by Gasteiger charge is 2.12. The lowest BCUT2D eigenvalue weighted by molar-refractivity contribution is 0.840. The summed E-state index contributed by atoms with van der Waals surface area (Å²) in [6.45, 7) is 0. The standard InChI is InChI=1S/C20H13N7O/c28-20-25-10-7-14(19-22-17-3-1-2-9-26(17)24-19)11-18(25)23-27(20)15-5-4-13-6-8-21-16(13)12-15/h1-12,21H. The largest absolute Gasteiger partial charge is 0.361 e. The van der Waals surface area contributed by atoms with Crippen molar-refractivity contribution >= 4 is 22.2 Å². The van der Waals surface area contributed by atoms with Crippen LogP contribution in [0.5, 0.6) is 0 Å². The monoisotopic (exact) mass is 367 g/mol. The van der Waals surface area contributed by atoms with E-state index in [1.54, 1.807) is 10.7 Å². The van der Waals surface area contributed by atoms with Gasteiger partial charge in [0.1, 0.15) is 0 Å². The number of nitrogens with one attached hydrogen (secondary N) is 1. The predicted octanol–water partition coefficient (Wildman–Crippen LogP) is 2.68. The Morgan fingerprint density at radius 3 is 2.79 bits per heavy atom. The minimum Gasteiger partial charge on any atom is -0.361 e. The van der Waals surface area contributed by atoms with Crippen LogP contribution in [0.3, 0.4) is 0 Å². The Balaban J connectivity index is 1.51. The first-order valence-electron chi connectivity index (χ1n) is 8.77. The molecule has 0 radical (unpaired) electrons. The minimum absolute atomic E-state index is 0.226. The zero-order valence-electron chi connectivity index (χ0n) is 14.5. The van der Waals surface area contributed by atoms with Crippen molar-refractivity contribution in [1.29, 1.82) is 0 Å². The van der Waals surface area contributed by atoms with Gasteiger partial charge in [-0.3, -0.25) is 0 Å². The number of hydrogen-bond acceptors (Lipinski definition) is 4. The number of nitrogens with zero attached hydrogens (tertiary/aromatic N) is 6. The summed E-state index contributed by atoms with van der Waals surface area (Å²) in [5.41, 5.74) is 3.53. The van der Waals surface area contributed by atoms with E-state index in [4.69, 9.17) is 0 Å². The molecule has 28 heavy (non-hydrogen) atoms. The Morgan fingerprint density at radius 2 is 1.86 bits per heavy atom. The second-order valence-corrected chi connectivity index (χ2v) is 6.53. The summed E-state index contributed by atoms with van der Waals surface area (Å²) in [5, 5.41) is 10.1. The lowest BCUT2D eigenvalue weighted by Crippen LogP contribution is -2.19. The van der Waals surface area contributed by atoms with Gasteiger partial charge in [-0.05, 0) is 47.9 Å². The SMILES string of the molecule is O=c1n(-c2ccc3cc[nH]c3c2)nc2cc(-c3nc4ccccn4n3)ccn12. The second kappa shape index (κ2) is 5.40. The third-order valence-electron chi connectivity index (χ3n) is 4.81. The highest BCUT2D eigenvalue weighted by Crippen LogP contribution is 2.19. The average molecular weight is 367 g/mol. The molecule has 134 valence electrons. The minimum atomic E-state index is -0.226. The van der Waals surface area contributed by atoms with Gasteiger partial charge in [-0.1, -0.05) is 12.1 Å². The van der Waals surface area contributed by atoms with E-state index in [-0.39, 0.29) is 5.69 Å². The van der Waals surface area contributed by atoms with Crippen molar-refractivity contribution in [3.63, 3.8) is 0 Å². The average Bonchev–Trinajstić information content (AvgIpc) is 3.43. The fraction of sp³-hybridized carbons (Fsp3) is 0. The van der Waals surface area contributed by atoms with Crippen LogP contribution in [0.2, 0.25) is 0 Å². The number of aromatic nitrogens is 7. The van der Waals surface area contributed by atoms with Crippen molar-refractivity contribution < 1.29 is 0 Å². The van der Waals surface area contributed by atoms with Crippen LogP contribution in [0.15, 0.2) is 78.0 Å². The first kappa shape index (κ1) is 14.9. The summed E-state index contributed by atoms with van der Waals surface area (Å²) in [6.07, 6.45) is 5.42. The summed E-state index contributed by atoms with van der Waals surface area (Å²) in [5.74, 6) is 0.587. The molecule has 1 N–H and O–H groups in total. The summed E-state index contributed by atoms with van der Waals surface area (Å²) >= 11 is 0. The van der Waals surface area contributed by atoms with Crippen LogP contribution in [-0.4, -0.2) is 33.8 Å². The topological polar surface area (TPSA) is 85.3 Å². The molecule has 5 aromatic heterocycles. The van der Waals surface area contributed by atoms with Crippen molar-refractivity contribution in [1.82, 2.24) is 33.8 Å². The van der Waals surface area contributed by atoms with Crippen molar-refractivity contribution in [2.45, 2.75) is 0 Å². The number of H-pyrrole nitrogens is 1. The first-order chi connectivity index (χ1) is 13.8. The van der Waals surface area contributed by atoms with Crippen LogP contribution in [0, 0.1) is 0 Å². The number of aromatic amines is 1. The molecule has 0 aliphatic heterocycles. The number of rotatable bonds is 2.